The van der Waals surface area contributed by atoms with E-state index in [4.69, 9.17) is 19.7 Å². The summed E-state index contributed by atoms with van der Waals surface area (Å²) in [6, 6.07) is 3.16. The molecule has 0 heterocycles. The molecule has 0 aliphatic rings. The third kappa shape index (κ3) is 3.68. The lowest BCUT2D eigenvalue weighted by Crippen LogP contribution is -2.14. The molecule has 0 saturated heterocycles. The third-order valence-electron chi connectivity index (χ3n) is 2.23. The van der Waals surface area contributed by atoms with Gasteiger partial charge in [-0.2, -0.15) is 0 Å². The Hall–Kier alpha value is -2.60. The predicted molar refractivity (Wildman–Crippen MR) is 68.7 cm³/mol. The van der Waals surface area contributed by atoms with Gasteiger partial charge in [0.2, 0.25) is 11.7 Å². The first kappa shape index (κ1) is 14.5. The fourth-order valence-corrected chi connectivity index (χ4v) is 1.45. The number of nitrogens with zero attached hydrogens (tertiary/aromatic N) is 3. The third-order valence-corrected chi connectivity index (χ3v) is 2.23. The first-order valence-electron chi connectivity index (χ1n) is 5.27. The zero-order valence-corrected chi connectivity index (χ0v) is 10.8. The summed E-state index contributed by atoms with van der Waals surface area (Å²) in [6.07, 6.45) is 0. The Kier molecular flexibility index (Phi) is 5.31. The minimum atomic E-state index is -0.438. The van der Waals surface area contributed by atoms with Crippen molar-refractivity contribution in [2.75, 3.05) is 33.2 Å². The van der Waals surface area contributed by atoms with E-state index in [1.54, 1.807) is 12.1 Å². The Labute approximate surface area is 109 Å². The van der Waals surface area contributed by atoms with Crippen LogP contribution in [0.2, 0.25) is 0 Å². The molecular weight excluding hydrogens is 252 g/mol. The minimum absolute atomic E-state index is 0.285. The molecular formula is C11H14N4O4. The van der Waals surface area contributed by atoms with Gasteiger partial charge < -0.3 is 19.5 Å². The molecule has 0 aromatic heterocycles. The normalized spacial score (nSPS) is 9.21. The summed E-state index contributed by atoms with van der Waals surface area (Å²) < 4.78 is 15.4. The van der Waals surface area contributed by atoms with Crippen LogP contribution in [0.3, 0.4) is 0 Å². The summed E-state index contributed by atoms with van der Waals surface area (Å²) in [4.78, 5) is 13.9. The number of amides is 1. The van der Waals surface area contributed by atoms with Gasteiger partial charge >= 0.3 is 0 Å². The summed E-state index contributed by atoms with van der Waals surface area (Å²) in [5, 5.41) is 5.73. The Morgan fingerprint density at radius 2 is 1.84 bits per heavy atom. The number of ether oxygens (including phenoxy) is 3. The van der Waals surface area contributed by atoms with E-state index in [9.17, 15) is 4.79 Å². The number of methoxy groups -OCH3 is 3. The molecule has 0 aliphatic carbocycles. The maximum Gasteiger partial charge on any atom is 0.230 e. The van der Waals surface area contributed by atoms with Crippen LogP contribution in [0.1, 0.15) is 0 Å². The standard InChI is InChI=1S/C11H14N4O4/c1-17-8-4-7(14-10(16)6-13-15-12)5-9(18-2)11(8)19-3/h4-5H,6H2,1-3H3,(H,14,16). The highest BCUT2D eigenvalue weighted by atomic mass is 16.5. The molecule has 0 atom stereocenters. The van der Waals surface area contributed by atoms with Gasteiger partial charge in [-0.25, -0.2) is 0 Å². The van der Waals surface area contributed by atoms with Gasteiger partial charge in [-0.05, 0) is 5.53 Å². The maximum absolute atomic E-state index is 11.4. The van der Waals surface area contributed by atoms with E-state index < -0.39 is 5.91 Å². The van der Waals surface area contributed by atoms with Crippen LogP contribution < -0.4 is 19.5 Å². The fourth-order valence-electron chi connectivity index (χ4n) is 1.45. The molecule has 0 radical (unpaired) electrons. The Bertz CT molecular complexity index is 486. The van der Waals surface area contributed by atoms with Crippen LogP contribution in [0.15, 0.2) is 17.2 Å². The number of rotatable bonds is 6. The summed E-state index contributed by atoms with van der Waals surface area (Å²) in [5.41, 5.74) is 8.59. The second kappa shape index (κ2) is 6.97. The molecule has 0 saturated carbocycles. The van der Waals surface area contributed by atoms with Crippen molar-refractivity contribution in [2.45, 2.75) is 0 Å². The number of hydrogen-bond acceptors (Lipinski definition) is 5. The van der Waals surface area contributed by atoms with Crippen molar-refractivity contribution in [3.8, 4) is 17.2 Å². The van der Waals surface area contributed by atoms with Crippen molar-refractivity contribution < 1.29 is 19.0 Å². The molecule has 0 unspecified atom stereocenters. The minimum Gasteiger partial charge on any atom is -0.493 e. The number of nitrogens with one attached hydrogen (secondary N) is 1. The highest BCUT2D eigenvalue weighted by Gasteiger charge is 2.14. The van der Waals surface area contributed by atoms with Crippen LogP contribution >= 0.6 is 0 Å². The van der Waals surface area contributed by atoms with Crippen LogP contribution in [0.25, 0.3) is 10.4 Å². The zero-order valence-electron chi connectivity index (χ0n) is 10.8. The van der Waals surface area contributed by atoms with Gasteiger partial charge in [-0.1, -0.05) is 5.11 Å². The highest BCUT2D eigenvalue weighted by molar-refractivity contribution is 5.93. The predicted octanol–water partition coefficient (Wildman–Crippen LogP) is 1.96. The number of azide groups is 1. The summed E-state index contributed by atoms with van der Waals surface area (Å²) in [6.45, 7) is -0.285. The van der Waals surface area contributed by atoms with Gasteiger partial charge in [0, 0.05) is 22.7 Å². The molecule has 1 N–H and O–H groups in total. The van der Waals surface area contributed by atoms with Crippen molar-refractivity contribution in [3.05, 3.63) is 22.6 Å². The van der Waals surface area contributed by atoms with Crippen LogP contribution in [0, 0.1) is 0 Å². The van der Waals surface area contributed by atoms with Crippen LogP contribution in [0.4, 0.5) is 5.69 Å². The van der Waals surface area contributed by atoms with E-state index >= 15 is 0 Å². The molecule has 19 heavy (non-hydrogen) atoms. The number of anilines is 1. The Morgan fingerprint density at radius 1 is 1.26 bits per heavy atom. The Balaban J connectivity index is 3.02. The van der Waals surface area contributed by atoms with Crippen LogP contribution in [-0.4, -0.2) is 33.8 Å². The van der Waals surface area contributed by atoms with Gasteiger partial charge in [0.25, 0.3) is 0 Å². The van der Waals surface area contributed by atoms with Crippen molar-refractivity contribution in [1.82, 2.24) is 0 Å². The highest BCUT2D eigenvalue weighted by Crippen LogP contribution is 2.39. The van der Waals surface area contributed by atoms with Crippen LogP contribution in [-0.2, 0) is 4.79 Å². The lowest BCUT2D eigenvalue weighted by Gasteiger charge is -2.14. The second-order valence-electron chi connectivity index (χ2n) is 3.35. The van der Waals surface area contributed by atoms with Gasteiger partial charge in [0.1, 0.15) is 6.54 Å². The molecule has 1 rings (SSSR count). The molecule has 1 aromatic carbocycles. The molecule has 1 aromatic rings. The molecule has 0 fully saturated rings. The van der Waals surface area contributed by atoms with E-state index in [2.05, 4.69) is 15.3 Å². The molecule has 8 nitrogen and oxygen atoms in total. The summed E-state index contributed by atoms with van der Waals surface area (Å²) >= 11 is 0. The fraction of sp³-hybridized carbons (Fsp3) is 0.364. The lowest BCUT2D eigenvalue weighted by molar-refractivity contribution is -0.114. The molecule has 0 spiro atoms. The van der Waals surface area contributed by atoms with Crippen LogP contribution in [0.5, 0.6) is 17.2 Å². The number of hydrogen-bond donors (Lipinski definition) is 1. The van der Waals surface area contributed by atoms with E-state index in [1.807, 2.05) is 0 Å². The average molecular weight is 266 g/mol. The molecule has 1 amide bonds. The van der Waals surface area contributed by atoms with E-state index in [0.29, 0.717) is 22.9 Å². The average Bonchev–Trinajstić information content (AvgIpc) is 2.43. The van der Waals surface area contributed by atoms with Gasteiger partial charge in [0.15, 0.2) is 11.5 Å². The van der Waals surface area contributed by atoms with E-state index in [0.717, 1.165) is 0 Å². The first-order valence-corrected chi connectivity index (χ1v) is 5.27. The second-order valence-corrected chi connectivity index (χ2v) is 3.35. The van der Waals surface area contributed by atoms with Crippen molar-refractivity contribution in [1.29, 1.82) is 0 Å². The smallest absolute Gasteiger partial charge is 0.230 e. The number of carbonyl (C=O) groups is 1. The van der Waals surface area contributed by atoms with Gasteiger partial charge in [-0.3, -0.25) is 4.79 Å². The quantitative estimate of drug-likeness (QED) is 0.482. The monoisotopic (exact) mass is 266 g/mol. The molecule has 8 heteroatoms. The van der Waals surface area contributed by atoms with Gasteiger partial charge in [0.05, 0.1) is 21.3 Å². The first-order chi connectivity index (χ1) is 9.15. The van der Waals surface area contributed by atoms with Crippen molar-refractivity contribution >= 4 is 11.6 Å². The van der Waals surface area contributed by atoms with Gasteiger partial charge in [-0.15, -0.1) is 0 Å². The molecule has 0 aliphatic heterocycles. The van der Waals surface area contributed by atoms with Crippen molar-refractivity contribution in [3.63, 3.8) is 0 Å². The lowest BCUT2D eigenvalue weighted by atomic mass is 10.2. The largest absolute Gasteiger partial charge is 0.493 e. The Morgan fingerprint density at radius 3 is 2.26 bits per heavy atom. The summed E-state index contributed by atoms with van der Waals surface area (Å²) in [7, 11) is 4.44. The van der Waals surface area contributed by atoms with E-state index in [1.165, 1.54) is 21.3 Å². The topological polar surface area (TPSA) is 106 Å². The zero-order chi connectivity index (χ0) is 14.3. The molecule has 0 bridgehead atoms. The van der Waals surface area contributed by atoms with Crippen molar-refractivity contribution in [2.24, 2.45) is 5.11 Å². The number of benzene rings is 1. The summed E-state index contributed by atoms with van der Waals surface area (Å²) in [5.74, 6) is 0.826. The SMILES string of the molecule is COc1cc(NC(=O)CN=[N+]=[N-])cc(OC)c1OC. The number of carbonyl (C=O) groups excluding carboxylic acids is 1. The maximum atomic E-state index is 11.4. The molecule has 102 valence electrons. The van der Waals surface area contributed by atoms with E-state index in [-0.39, 0.29) is 6.54 Å².